The average molecular weight is 368 g/mol. The summed E-state index contributed by atoms with van der Waals surface area (Å²) in [6.45, 7) is 8.83. The fraction of sp³-hybridized carbons (Fsp3) is 0.556. The van der Waals surface area contributed by atoms with Crippen LogP contribution in [0.15, 0.2) is 18.2 Å². The SMILES string of the molecule is COc1ccc(C(=O)N2CCN(C(=O)NCC(C)(C)C)CC2)c(Cl)c1. The summed E-state index contributed by atoms with van der Waals surface area (Å²) in [5.74, 6) is 0.490. The molecular formula is C18H26ClN3O3. The highest BCUT2D eigenvalue weighted by molar-refractivity contribution is 6.34. The number of methoxy groups -OCH3 is 1. The Kier molecular flexibility index (Phi) is 6.16. The van der Waals surface area contributed by atoms with Crippen molar-refractivity contribution in [3.8, 4) is 5.75 Å². The molecule has 1 N–H and O–H groups in total. The third kappa shape index (κ3) is 5.26. The maximum absolute atomic E-state index is 12.6. The van der Waals surface area contributed by atoms with Gasteiger partial charge in [-0.2, -0.15) is 0 Å². The van der Waals surface area contributed by atoms with Crippen LogP contribution in [-0.4, -0.2) is 61.6 Å². The number of benzene rings is 1. The van der Waals surface area contributed by atoms with Crippen molar-refractivity contribution in [2.45, 2.75) is 20.8 Å². The molecule has 0 aromatic heterocycles. The number of rotatable bonds is 3. The minimum Gasteiger partial charge on any atom is -0.497 e. The van der Waals surface area contributed by atoms with E-state index in [0.717, 1.165) is 0 Å². The smallest absolute Gasteiger partial charge is 0.317 e. The summed E-state index contributed by atoms with van der Waals surface area (Å²) in [6, 6.07) is 4.94. The fourth-order valence-electron chi connectivity index (χ4n) is 2.53. The predicted molar refractivity (Wildman–Crippen MR) is 98.3 cm³/mol. The van der Waals surface area contributed by atoms with Crippen molar-refractivity contribution >= 4 is 23.5 Å². The van der Waals surface area contributed by atoms with Gasteiger partial charge in [0.25, 0.3) is 5.91 Å². The van der Waals surface area contributed by atoms with Crippen molar-refractivity contribution in [1.82, 2.24) is 15.1 Å². The normalized spacial score (nSPS) is 15.1. The summed E-state index contributed by atoms with van der Waals surface area (Å²) < 4.78 is 5.10. The van der Waals surface area contributed by atoms with Crippen molar-refractivity contribution in [2.24, 2.45) is 5.41 Å². The summed E-state index contributed by atoms with van der Waals surface area (Å²) in [5.41, 5.74) is 0.492. The highest BCUT2D eigenvalue weighted by Crippen LogP contribution is 2.24. The summed E-state index contributed by atoms with van der Waals surface area (Å²) >= 11 is 6.18. The van der Waals surface area contributed by atoms with Crippen molar-refractivity contribution < 1.29 is 14.3 Å². The van der Waals surface area contributed by atoms with Crippen LogP contribution in [-0.2, 0) is 0 Å². The molecule has 1 fully saturated rings. The molecule has 0 saturated carbocycles. The lowest BCUT2D eigenvalue weighted by Gasteiger charge is -2.35. The van der Waals surface area contributed by atoms with Gasteiger partial charge in [-0.3, -0.25) is 4.79 Å². The predicted octanol–water partition coefficient (Wildman–Crippen LogP) is 2.86. The highest BCUT2D eigenvalue weighted by atomic mass is 35.5. The largest absolute Gasteiger partial charge is 0.497 e. The van der Waals surface area contributed by atoms with Crippen molar-refractivity contribution in [1.29, 1.82) is 0 Å². The van der Waals surface area contributed by atoms with Crippen LogP contribution in [0.2, 0.25) is 5.02 Å². The molecule has 0 unspecified atom stereocenters. The monoisotopic (exact) mass is 367 g/mol. The Labute approximate surface area is 154 Å². The van der Waals surface area contributed by atoms with Gasteiger partial charge in [0.05, 0.1) is 17.7 Å². The second-order valence-electron chi connectivity index (χ2n) is 7.34. The molecule has 1 heterocycles. The Morgan fingerprint density at radius 2 is 1.76 bits per heavy atom. The number of carbonyl (C=O) groups excluding carboxylic acids is 2. The second-order valence-corrected chi connectivity index (χ2v) is 7.75. The number of hydrogen-bond acceptors (Lipinski definition) is 3. The molecule has 0 radical (unpaired) electrons. The van der Waals surface area contributed by atoms with Gasteiger partial charge in [0.2, 0.25) is 0 Å². The van der Waals surface area contributed by atoms with Crippen molar-refractivity contribution in [3.05, 3.63) is 28.8 Å². The van der Waals surface area contributed by atoms with Gasteiger partial charge in [-0.25, -0.2) is 4.79 Å². The topological polar surface area (TPSA) is 61.9 Å². The number of urea groups is 1. The number of amides is 3. The van der Waals surface area contributed by atoms with Gasteiger partial charge in [-0.05, 0) is 23.6 Å². The first-order valence-corrected chi connectivity index (χ1v) is 8.74. The van der Waals surface area contributed by atoms with Crippen LogP contribution >= 0.6 is 11.6 Å². The zero-order valence-corrected chi connectivity index (χ0v) is 16.0. The van der Waals surface area contributed by atoms with E-state index in [1.165, 1.54) is 0 Å². The lowest BCUT2D eigenvalue weighted by Crippen LogP contribution is -2.53. The molecule has 3 amide bonds. The minimum absolute atomic E-state index is 0.0402. The van der Waals surface area contributed by atoms with Crippen LogP contribution in [0.25, 0.3) is 0 Å². The first-order chi connectivity index (χ1) is 11.7. The zero-order valence-electron chi connectivity index (χ0n) is 15.3. The van der Waals surface area contributed by atoms with Crippen LogP contribution in [0.5, 0.6) is 5.75 Å². The molecule has 1 aromatic carbocycles. The van der Waals surface area contributed by atoms with E-state index in [9.17, 15) is 9.59 Å². The second kappa shape index (κ2) is 7.95. The van der Waals surface area contributed by atoms with Crippen LogP contribution in [0.4, 0.5) is 4.79 Å². The summed E-state index contributed by atoms with van der Waals surface area (Å²) in [5, 5.41) is 3.31. The number of nitrogens with zero attached hydrogens (tertiary/aromatic N) is 2. The fourth-order valence-corrected chi connectivity index (χ4v) is 2.78. The van der Waals surface area contributed by atoms with Gasteiger partial charge in [-0.1, -0.05) is 32.4 Å². The number of hydrogen-bond donors (Lipinski definition) is 1. The molecule has 1 aliphatic heterocycles. The van der Waals surface area contributed by atoms with E-state index in [4.69, 9.17) is 16.3 Å². The molecule has 1 aromatic rings. The maximum atomic E-state index is 12.6. The van der Waals surface area contributed by atoms with E-state index in [2.05, 4.69) is 26.1 Å². The number of halogens is 1. The molecule has 2 rings (SSSR count). The molecule has 25 heavy (non-hydrogen) atoms. The Morgan fingerprint density at radius 3 is 2.28 bits per heavy atom. The minimum atomic E-state index is -0.123. The van der Waals surface area contributed by atoms with Gasteiger partial charge >= 0.3 is 6.03 Å². The molecular weight excluding hydrogens is 342 g/mol. The number of nitrogens with one attached hydrogen (secondary N) is 1. The average Bonchev–Trinajstić information content (AvgIpc) is 2.58. The van der Waals surface area contributed by atoms with Crippen molar-refractivity contribution in [2.75, 3.05) is 39.8 Å². The molecule has 1 saturated heterocycles. The van der Waals surface area contributed by atoms with Crippen LogP contribution in [0.3, 0.4) is 0 Å². The van der Waals surface area contributed by atoms with E-state index < -0.39 is 0 Å². The van der Waals surface area contributed by atoms with Crippen LogP contribution in [0.1, 0.15) is 31.1 Å². The third-order valence-corrected chi connectivity index (χ3v) is 4.34. The molecule has 0 spiro atoms. The Hall–Kier alpha value is -1.95. The molecule has 0 atom stereocenters. The Bertz CT molecular complexity index is 635. The lowest BCUT2D eigenvalue weighted by molar-refractivity contribution is 0.0664. The zero-order chi connectivity index (χ0) is 18.6. The first kappa shape index (κ1) is 19.4. The van der Waals surface area contributed by atoms with E-state index in [1.54, 1.807) is 35.1 Å². The van der Waals surface area contributed by atoms with Crippen molar-refractivity contribution in [3.63, 3.8) is 0 Å². The standard InChI is InChI=1S/C18H26ClN3O3/c1-18(2,3)12-20-17(24)22-9-7-21(8-10-22)16(23)14-6-5-13(25-4)11-15(14)19/h5-6,11H,7-10,12H2,1-4H3,(H,20,24). The Balaban J connectivity index is 1.91. The lowest BCUT2D eigenvalue weighted by atomic mass is 9.97. The molecule has 7 heteroatoms. The summed E-state index contributed by atoms with van der Waals surface area (Å²) in [4.78, 5) is 28.3. The molecule has 1 aliphatic rings. The highest BCUT2D eigenvalue weighted by Gasteiger charge is 2.26. The third-order valence-electron chi connectivity index (χ3n) is 4.03. The molecule has 138 valence electrons. The first-order valence-electron chi connectivity index (χ1n) is 8.37. The molecule has 6 nitrogen and oxygen atoms in total. The van der Waals surface area contributed by atoms with Gasteiger partial charge in [0.1, 0.15) is 5.75 Å². The molecule has 0 aliphatic carbocycles. The number of ether oxygens (including phenoxy) is 1. The Morgan fingerprint density at radius 1 is 1.16 bits per heavy atom. The quantitative estimate of drug-likeness (QED) is 0.893. The van der Waals surface area contributed by atoms with Crippen LogP contribution in [0, 0.1) is 5.41 Å². The van der Waals surface area contributed by atoms with Gasteiger partial charge in [-0.15, -0.1) is 0 Å². The van der Waals surface area contributed by atoms with E-state index >= 15 is 0 Å². The molecule has 0 bridgehead atoms. The van der Waals surface area contributed by atoms with Gasteiger partial charge in [0.15, 0.2) is 0 Å². The summed E-state index contributed by atoms with van der Waals surface area (Å²) in [7, 11) is 1.55. The van der Waals surface area contributed by atoms with E-state index in [0.29, 0.717) is 49.1 Å². The van der Waals surface area contributed by atoms with Gasteiger partial charge in [0, 0.05) is 32.7 Å². The summed E-state index contributed by atoms with van der Waals surface area (Å²) in [6.07, 6.45) is 0. The van der Waals surface area contributed by atoms with Crippen LogP contribution < -0.4 is 10.1 Å². The van der Waals surface area contributed by atoms with Gasteiger partial charge < -0.3 is 19.9 Å². The maximum Gasteiger partial charge on any atom is 0.317 e. The van der Waals surface area contributed by atoms with E-state index in [1.807, 2.05) is 0 Å². The van der Waals surface area contributed by atoms with E-state index in [-0.39, 0.29) is 17.4 Å². The number of carbonyl (C=O) groups is 2. The number of piperazine rings is 1.